The lowest BCUT2D eigenvalue weighted by Crippen LogP contribution is -2.00. The number of ketones is 1. The van der Waals surface area contributed by atoms with E-state index in [2.05, 4.69) is 6.58 Å². The van der Waals surface area contributed by atoms with Crippen molar-refractivity contribution in [2.24, 2.45) is 0 Å². The topological polar surface area (TPSA) is 17.1 Å². The molecule has 0 aliphatic rings. The highest BCUT2D eigenvalue weighted by molar-refractivity contribution is 6.07. The number of carbonyl (C=O) groups is 1. The van der Waals surface area contributed by atoms with Gasteiger partial charge in [-0.15, -0.1) is 0 Å². The first kappa shape index (κ1) is 8.65. The van der Waals surface area contributed by atoms with Crippen molar-refractivity contribution in [1.29, 1.82) is 0 Å². The van der Waals surface area contributed by atoms with Crippen LogP contribution in [0.5, 0.6) is 0 Å². The standard InChI is InChI=1S/C10H9FO/c1-7-5-3-4-6-9(7)10(12)8(2)11/h3-6H,2H2,1H3. The third kappa shape index (κ3) is 1.59. The number of benzene rings is 1. The lowest BCUT2D eigenvalue weighted by atomic mass is 10.0. The Balaban J connectivity index is 3.11. The van der Waals surface area contributed by atoms with Crippen LogP contribution in [-0.2, 0) is 0 Å². The van der Waals surface area contributed by atoms with Crippen molar-refractivity contribution >= 4 is 5.78 Å². The molecular weight excluding hydrogens is 155 g/mol. The molecule has 1 nitrogen and oxygen atoms in total. The van der Waals surface area contributed by atoms with Gasteiger partial charge in [-0.3, -0.25) is 4.79 Å². The van der Waals surface area contributed by atoms with Crippen molar-refractivity contribution in [2.45, 2.75) is 6.92 Å². The quantitative estimate of drug-likeness (QED) is 0.485. The van der Waals surface area contributed by atoms with Crippen LogP contribution < -0.4 is 0 Å². The zero-order valence-corrected chi connectivity index (χ0v) is 6.80. The van der Waals surface area contributed by atoms with E-state index in [1.54, 1.807) is 31.2 Å². The maximum absolute atomic E-state index is 12.4. The third-order valence-corrected chi connectivity index (χ3v) is 1.64. The molecule has 0 fully saturated rings. The number of hydrogen-bond donors (Lipinski definition) is 0. The highest BCUT2D eigenvalue weighted by Crippen LogP contribution is 2.12. The van der Waals surface area contributed by atoms with Crippen LogP contribution in [0.15, 0.2) is 36.7 Å². The molecule has 0 atom stereocenters. The maximum Gasteiger partial charge on any atom is 0.220 e. The van der Waals surface area contributed by atoms with E-state index in [9.17, 15) is 9.18 Å². The molecule has 2 heteroatoms. The molecule has 62 valence electrons. The zero-order chi connectivity index (χ0) is 9.14. The first-order valence-corrected chi connectivity index (χ1v) is 3.57. The molecule has 1 aromatic rings. The van der Waals surface area contributed by atoms with E-state index in [0.29, 0.717) is 5.56 Å². The summed E-state index contributed by atoms with van der Waals surface area (Å²) in [4.78, 5) is 11.1. The van der Waals surface area contributed by atoms with Crippen molar-refractivity contribution in [3.05, 3.63) is 47.8 Å². The Hall–Kier alpha value is -1.44. The maximum atomic E-state index is 12.4. The molecule has 0 heterocycles. The van der Waals surface area contributed by atoms with Gasteiger partial charge in [-0.25, -0.2) is 4.39 Å². The predicted molar refractivity (Wildman–Crippen MR) is 45.8 cm³/mol. The largest absolute Gasteiger partial charge is 0.286 e. The molecule has 0 bridgehead atoms. The average molecular weight is 164 g/mol. The Morgan fingerprint density at radius 1 is 1.42 bits per heavy atom. The highest BCUT2D eigenvalue weighted by Gasteiger charge is 2.10. The van der Waals surface area contributed by atoms with Gasteiger partial charge in [-0.1, -0.05) is 30.8 Å². The van der Waals surface area contributed by atoms with Gasteiger partial charge in [0.05, 0.1) is 0 Å². The van der Waals surface area contributed by atoms with E-state index in [-0.39, 0.29) is 0 Å². The molecule has 0 spiro atoms. The van der Waals surface area contributed by atoms with Crippen LogP contribution in [-0.4, -0.2) is 5.78 Å². The van der Waals surface area contributed by atoms with E-state index in [0.717, 1.165) is 5.56 Å². The Labute approximate surface area is 70.5 Å². The molecule has 0 radical (unpaired) electrons. The molecule has 0 amide bonds. The van der Waals surface area contributed by atoms with Crippen LogP contribution >= 0.6 is 0 Å². The summed E-state index contributed by atoms with van der Waals surface area (Å²) < 4.78 is 12.4. The summed E-state index contributed by atoms with van der Waals surface area (Å²) >= 11 is 0. The minimum atomic E-state index is -0.913. The van der Waals surface area contributed by atoms with Gasteiger partial charge < -0.3 is 0 Å². The second-order valence-corrected chi connectivity index (χ2v) is 2.55. The summed E-state index contributed by atoms with van der Waals surface area (Å²) in [5.41, 5.74) is 1.14. The third-order valence-electron chi connectivity index (χ3n) is 1.64. The fourth-order valence-corrected chi connectivity index (χ4v) is 0.974. The number of allylic oxidation sites excluding steroid dienone is 1. The average Bonchev–Trinajstić information content (AvgIpc) is 2.04. The molecular formula is C10H9FO. The van der Waals surface area contributed by atoms with Crippen LogP contribution in [0.4, 0.5) is 4.39 Å². The van der Waals surface area contributed by atoms with E-state index < -0.39 is 11.6 Å². The number of aryl methyl sites for hydroxylation is 1. The van der Waals surface area contributed by atoms with Gasteiger partial charge in [0.1, 0.15) is 0 Å². The number of hydrogen-bond acceptors (Lipinski definition) is 1. The minimum absolute atomic E-state index is 0.380. The lowest BCUT2D eigenvalue weighted by Gasteiger charge is -2.00. The summed E-state index contributed by atoms with van der Waals surface area (Å²) in [6.07, 6.45) is 0. The zero-order valence-electron chi connectivity index (χ0n) is 6.80. The van der Waals surface area contributed by atoms with E-state index in [1.807, 2.05) is 0 Å². The number of carbonyl (C=O) groups excluding carboxylic acids is 1. The van der Waals surface area contributed by atoms with E-state index in [1.165, 1.54) is 0 Å². The van der Waals surface area contributed by atoms with Crippen molar-refractivity contribution in [1.82, 2.24) is 0 Å². The van der Waals surface area contributed by atoms with Gasteiger partial charge in [0.2, 0.25) is 5.78 Å². The first-order chi connectivity index (χ1) is 5.63. The summed E-state index contributed by atoms with van der Waals surface area (Å²) in [5, 5.41) is 0. The first-order valence-electron chi connectivity index (χ1n) is 3.57. The molecule has 0 aliphatic carbocycles. The fourth-order valence-electron chi connectivity index (χ4n) is 0.974. The molecule has 0 N–H and O–H groups in total. The SMILES string of the molecule is C=C(F)C(=O)c1ccccc1C. The molecule has 1 aromatic carbocycles. The summed E-state index contributed by atoms with van der Waals surface area (Å²) in [5.74, 6) is -1.54. The van der Waals surface area contributed by atoms with Gasteiger partial charge in [0.25, 0.3) is 0 Å². The smallest absolute Gasteiger partial charge is 0.220 e. The van der Waals surface area contributed by atoms with Crippen LogP contribution in [0.1, 0.15) is 15.9 Å². The number of halogens is 1. The molecule has 0 aromatic heterocycles. The molecule has 0 unspecified atom stereocenters. The summed E-state index contributed by atoms with van der Waals surface area (Å²) in [6.45, 7) is 4.72. The van der Waals surface area contributed by atoms with Gasteiger partial charge >= 0.3 is 0 Å². The molecule has 0 aliphatic heterocycles. The molecule has 1 rings (SSSR count). The van der Waals surface area contributed by atoms with Crippen molar-refractivity contribution in [3.8, 4) is 0 Å². The normalized spacial score (nSPS) is 9.50. The fraction of sp³-hybridized carbons (Fsp3) is 0.100. The van der Waals surface area contributed by atoms with Crippen molar-refractivity contribution in [2.75, 3.05) is 0 Å². The van der Waals surface area contributed by atoms with Crippen molar-refractivity contribution in [3.63, 3.8) is 0 Å². The molecule has 0 saturated carbocycles. The minimum Gasteiger partial charge on any atom is -0.286 e. The Morgan fingerprint density at radius 3 is 2.50 bits per heavy atom. The predicted octanol–water partition coefficient (Wildman–Crippen LogP) is 2.66. The number of Topliss-reactive ketones (excluding diaryl/α,β-unsaturated/α-hetero) is 1. The summed E-state index contributed by atoms with van der Waals surface area (Å²) in [6, 6.07) is 6.84. The Bertz CT molecular complexity index is 328. The van der Waals surface area contributed by atoms with E-state index >= 15 is 0 Å². The highest BCUT2D eigenvalue weighted by atomic mass is 19.1. The monoisotopic (exact) mass is 164 g/mol. The molecule has 0 saturated heterocycles. The second kappa shape index (κ2) is 3.30. The van der Waals surface area contributed by atoms with Crippen LogP contribution in [0, 0.1) is 6.92 Å². The van der Waals surface area contributed by atoms with Crippen molar-refractivity contribution < 1.29 is 9.18 Å². The Kier molecular flexibility index (Phi) is 2.38. The van der Waals surface area contributed by atoms with Gasteiger partial charge in [0, 0.05) is 5.56 Å². The van der Waals surface area contributed by atoms with Gasteiger partial charge in [-0.05, 0) is 12.5 Å². The Morgan fingerprint density at radius 2 is 2.00 bits per heavy atom. The van der Waals surface area contributed by atoms with Gasteiger partial charge in [-0.2, -0.15) is 0 Å². The van der Waals surface area contributed by atoms with Crippen LogP contribution in [0.2, 0.25) is 0 Å². The van der Waals surface area contributed by atoms with Crippen LogP contribution in [0.25, 0.3) is 0 Å². The second-order valence-electron chi connectivity index (χ2n) is 2.55. The van der Waals surface area contributed by atoms with Gasteiger partial charge in [0.15, 0.2) is 5.83 Å². The molecule has 12 heavy (non-hydrogen) atoms. The van der Waals surface area contributed by atoms with E-state index in [4.69, 9.17) is 0 Å². The summed E-state index contributed by atoms with van der Waals surface area (Å²) in [7, 11) is 0. The van der Waals surface area contributed by atoms with Crippen LogP contribution in [0.3, 0.4) is 0 Å². The number of rotatable bonds is 2. The lowest BCUT2D eigenvalue weighted by molar-refractivity contribution is 0.100.